The minimum atomic E-state index is -0.114. The van der Waals surface area contributed by atoms with E-state index < -0.39 is 0 Å². The van der Waals surface area contributed by atoms with Gasteiger partial charge in [-0.15, -0.1) is 0 Å². The molecule has 0 atom stereocenters. The zero-order valence-corrected chi connectivity index (χ0v) is 13.6. The lowest BCUT2D eigenvalue weighted by Gasteiger charge is -2.11. The maximum absolute atomic E-state index is 12.1. The summed E-state index contributed by atoms with van der Waals surface area (Å²) in [5.74, 6) is 1.11. The highest BCUT2D eigenvalue weighted by molar-refractivity contribution is 9.10. The van der Waals surface area contributed by atoms with Crippen molar-refractivity contribution in [2.75, 3.05) is 0 Å². The summed E-state index contributed by atoms with van der Waals surface area (Å²) in [5.41, 5.74) is 2.90. The maximum Gasteiger partial charge on any atom is 0.265 e. The van der Waals surface area contributed by atoms with Crippen molar-refractivity contribution in [3.63, 3.8) is 0 Å². The summed E-state index contributed by atoms with van der Waals surface area (Å²) in [4.78, 5) is 19.6. The SMILES string of the molecule is CCc1ccccc1-c1nc(CC(C)C)c(Br)c(=O)[nH]1. The molecular weight excluding hydrogens is 316 g/mol. The highest BCUT2D eigenvalue weighted by Crippen LogP contribution is 2.22. The van der Waals surface area contributed by atoms with Gasteiger partial charge in [0.25, 0.3) is 5.56 Å². The number of aryl methyl sites for hydroxylation is 1. The molecule has 0 saturated heterocycles. The monoisotopic (exact) mass is 334 g/mol. The largest absolute Gasteiger partial charge is 0.306 e. The molecule has 0 unspecified atom stereocenters. The van der Waals surface area contributed by atoms with Crippen molar-refractivity contribution >= 4 is 15.9 Å². The summed E-state index contributed by atoms with van der Waals surface area (Å²) in [6.07, 6.45) is 1.70. The van der Waals surface area contributed by atoms with Crippen LogP contribution in [0.4, 0.5) is 0 Å². The van der Waals surface area contributed by atoms with Crippen molar-refractivity contribution in [3.8, 4) is 11.4 Å². The fraction of sp³-hybridized carbons (Fsp3) is 0.375. The van der Waals surface area contributed by atoms with E-state index in [2.05, 4.69) is 52.7 Å². The quantitative estimate of drug-likeness (QED) is 0.919. The van der Waals surface area contributed by atoms with Crippen molar-refractivity contribution in [1.82, 2.24) is 9.97 Å². The third-order valence-corrected chi connectivity index (χ3v) is 4.00. The molecule has 1 aromatic heterocycles. The Balaban J connectivity index is 2.58. The van der Waals surface area contributed by atoms with Crippen LogP contribution in [0.2, 0.25) is 0 Å². The van der Waals surface area contributed by atoms with E-state index in [1.54, 1.807) is 0 Å². The Morgan fingerprint density at radius 3 is 2.65 bits per heavy atom. The molecule has 0 aliphatic carbocycles. The van der Waals surface area contributed by atoms with E-state index in [4.69, 9.17) is 0 Å². The Bertz CT molecular complexity index is 662. The molecule has 2 aromatic rings. The van der Waals surface area contributed by atoms with E-state index in [9.17, 15) is 4.79 Å². The first-order chi connectivity index (χ1) is 9.52. The van der Waals surface area contributed by atoms with Crippen LogP contribution >= 0.6 is 15.9 Å². The lowest BCUT2D eigenvalue weighted by Crippen LogP contribution is -2.15. The second kappa shape index (κ2) is 6.35. The summed E-state index contributed by atoms with van der Waals surface area (Å²) in [7, 11) is 0. The lowest BCUT2D eigenvalue weighted by molar-refractivity contribution is 0.631. The molecule has 20 heavy (non-hydrogen) atoms. The molecule has 0 radical (unpaired) electrons. The number of nitrogens with zero attached hydrogens (tertiary/aromatic N) is 1. The average Bonchev–Trinajstić information content (AvgIpc) is 2.43. The molecule has 1 aromatic carbocycles. The standard InChI is InChI=1S/C16H19BrN2O/c1-4-11-7-5-6-8-12(11)15-18-13(9-10(2)3)14(17)16(20)19-15/h5-8,10H,4,9H2,1-3H3,(H,18,19,20). The van der Waals surface area contributed by atoms with Gasteiger partial charge in [0.1, 0.15) is 10.3 Å². The molecule has 0 fully saturated rings. The van der Waals surface area contributed by atoms with Gasteiger partial charge >= 0.3 is 0 Å². The maximum atomic E-state index is 12.1. The molecule has 0 aliphatic heterocycles. The molecule has 0 spiro atoms. The van der Waals surface area contributed by atoms with Gasteiger partial charge < -0.3 is 4.98 Å². The van der Waals surface area contributed by atoms with Gasteiger partial charge in [0.05, 0.1) is 5.69 Å². The first kappa shape index (κ1) is 15.0. The summed E-state index contributed by atoms with van der Waals surface area (Å²) in [6, 6.07) is 8.05. The minimum Gasteiger partial charge on any atom is -0.306 e. The highest BCUT2D eigenvalue weighted by Gasteiger charge is 2.13. The number of H-pyrrole nitrogens is 1. The van der Waals surface area contributed by atoms with Crippen LogP contribution in [0.5, 0.6) is 0 Å². The first-order valence-corrected chi connectivity index (χ1v) is 7.69. The summed E-state index contributed by atoms with van der Waals surface area (Å²) < 4.78 is 0.545. The number of hydrogen-bond acceptors (Lipinski definition) is 2. The molecular formula is C16H19BrN2O. The smallest absolute Gasteiger partial charge is 0.265 e. The molecule has 0 amide bonds. The number of aromatic nitrogens is 2. The second-order valence-corrected chi connectivity index (χ2v) is 6.08. The number of hydrogen-bond donors (Lipinski definition) is 1. The number of benzene rings is 1. The Morgan fingerprint density at radius 2 is 2.00 bits per heavy atom. The van der Waals surface area contributed by atoms with E-state index in [-0.39, 0.29) is 5.56 Å². The van der Waals surface area contributed by atoms with E-state index in [1.807, 2.05) is 18.2 Å². The van der Waals surface area contributed by atoms with E-state index in [1.165, 1.54) is 5.56 Å². The fourth-order valence-corrected chi connectivity index (χ4v) is 2.56. The highest BCUT2D eigenvalue weighted by atomic mass is 79.9. The van der Waals surface area contributed by atoms with Crippen LogP contribution in [0.15, 0.2) is 33.5 Å². The topological polar surface area (TPSA) is 45.8 Å². The van der Waals surface area contributed by atoms with Crippen LogP contribution in [0.25, 0.3) is 11.4 Å². The van der Waals surface area contributed by atoms with Crippen LogP contribution in [0.3, 0.4) is 0 Å². The normalized spacial score (nSPS) is 11.1. The van der Waals surface area contributed by atoms with Crippen LogP contribution in [0, 0.1) is 5.92 Å². The predicted molar refractivity (Wildman–Crippen MR) is 85.9 cm³/mol. The Kier molecular flexibility index (Phi) is 4.76. The van der Waals surface area contributed by atoms with Crippen LogP contribution in [0.1, 0.15) is 32.0 Å². The van der Waals surface area contributed by atoms with E-state index in [0.29, 0.717) is 16.2 Å². The van der Waals surface area contributed by atoms with Gasteiger partial charge in [-0.25, -0.2) is 4.98 Å². The number of rotatable bonds is 4. The molecule has 0 bridgehead atoms. The van der Waals surface area contributed by atoms with Crippen LogP contribution in [-0.2, 0) is 12.8 Å². The molecule has 0 aliphatic rings. The molecule has 0 saturated carbocycles. The summed E-state index contributed by atoms with van der Waals surface area (Å²) >= 11 is 3.34. The van der Waals surface area contributed by atoms with Crippen LogP contribution in [-0.4, -0.2) is 9.97 Å². The third kappa shape index (κ3) is 3.18. The van der Waals surface area contributed by atoms with E-state index >= 15 is 0 Å². The predicted octanol–water partition coefficient (Wildman–Crippen LogP) is 3.96. The average molecular weight is 335 g/mol. The van der Waals surface area contributed by atoms with Crippen LogP contribution < -0.4 is 5.56 Å². The summed E-state index contributed by atoms with van der Waals surface area (Å²) in [5, 5.41) is 0. The van der Waals surface area contributed by atoms with Crippen molar-refractivity contribution in [2.24, 2.45) is 5.92 Å². The number of aromatic amines is 1. The van der Waals surface area contributed by atoms with Gasteiger partial charge in [0.15, 0.2) is 0 Å². The molecule has 4 heteroatoms. The Morgan fingerprint density at radius 1 is 1.30 bits per heavy atom. The van der Waals surface area contributed by atoms with Gasteiger partial charge in [0.2, 0.25) is 0 Å². The van der Waals surface area contributed by atoms with Crippen molar-refractivity contribution in [2.45, 2.75) is 33.6 Å². The number of nitrogens with one attached hydrogen (secondary N) is 1. The molecule has 3 nitrogen and oxygen atoms in total. The molecule has 1 N–H and O–H groups in total. The van der Waals surface area contributed by atoms with Gasteiger partial charge in [-0.3, -0.25) is 4.79 Å². The fourth-order valence-electron chi connectivity index (χ4n) is 2.21. The van der Waals surface area contributed by atoms with Gasteiger partial charge in [0, 0.05) is 5.56 Å². The lowest BCUT2D eigenvalue weighted by atomic mass is 10.0. The zero-order valence-electron chi connectivity index (χ0n) is 12.0. The zero-order chi connectivity index (χ0) is 14.7. The Hall–Kier alpha value is -1.42. The van der Waals surface area contributed by atoms with Crippen molar-refractivity contribution < 1.29 is 0 Å². The van der Waals surface area contributed by atoms with Crippen molar-refractivity contribution in [1.29, 1.82) is 0 Å². The van der Waals surface area contributed by atoms with Gasteiger partial charge in [-0.05, 0) is 40.3 Å². The van der Waals surface area contributed by atoms with Crippen molar-refractivity contribution in [3.05, 3.63) is 50.3 Å². The Labute approximate surface area is 127 Å². The second-order valence-electron chi connectivity index (χ2n) is 5.28. The molecule has 2 rings (SSSR count). The number of halogens is 1. The van der Waals surface area contributed by atoms with Gasteiger partial charge in [-0.1, -0.05) is 45.0 Å². The summed E-state index contributed by atoms with van der Waals surface area (Å²) in [6.45, 7) is 6.34. The minimum absolute atomic E-state index is 0.114. The van der Waals surface area contributed by atoms with Gasteiger partial charge in [-0.2, -0.15) is 0 Å². The molecule has 1 heterocycles. The first-order valence-electron chi connectivity index (χ1n) is 6.89. The third-order valence-electron chi connectivity index (χ3n) is 3.19. The molecule has 106 valence electrons. The van der Waals surface area contributed by atoms with E-state index in [0.717, 1.165) is 24.1 Å².